The fourth-order valence-electron chi connectivity index (χ4n) is 13.4. The first-order valence-electron chi connectivity index (χ1n) is 25.6. The van der Waals surface area contributed by atoms with Gasteiger partial charge >= 0.3 is 0 Å². The van der Waals surface area contributed by atoms with Gasteiger partial charge in [0, 0.05) is 66.6 Å². The molecule has 12 rings (SSSR count). The van der Waals surface area contributed by atoms with E-state index in [1.54, 1.807) is 6.07 Å². The summed E-state index contributed by atoms with van der Waals surface area (Å²) in [6, 6.07) is 30.2. The van der Waals surface area contributed by atoms with Gasteiger partial charge < -0.3 is 41.0 Å². The second-order valence-electron chi connectivity index (χ2n) is 20.9. The average Bonchev–Trinajstić information content (AvgIpc) is 3.70. The number of carbonyl (C=O) groups is 2. The summed E-state index contributed by atoms with van der Waals surface area (Å²) >= 11 is 18.5. The van der Waals surface area contributed by atoms with Crippen LogP contribution in [0.1, 0.15) is 130 Å². The molecule has 3 aliphatic carbocycles. The predicted molar refractivity (Wildman–Crippen MR) is 293 cm³/mol. The van der Waals surface area contributed by atoms with E-state index in [-0.39, 0.29) is 40.9 Å². The van der Waals surface area contributed by atoms with Gasteiger partial charge in [0.05, 0.1) is 21.3 Å². The van der Waals surface area contributed by atoms with Gasteiger partial charge in [-0.25, -0.2) is 0 Å². The number of carbonyl (C=O) groups excluding carboxylic acids is 2. The third-order valence-electron chi connectivity index (χ3n) is 17.1. The Kier molecular flexibility index (Phi) is 14.9. The maximum atomic E-state index is 11.9. The molecule has 0 unspecified atom stereocenters. The molecular weight excluding hydrogens is 993 g/mol. The fraction of sp³-hybridized carbons (Fsp3) is 0.350. The normalized spacial score (nSPS) is 22.8. The second kappa shape index (κ2) is 21.4. The molecule has 6 aromatic rings. The van der Waals surface area contributed by atoms with Crippen LogP contribution in [0.4, 0.5) is 0 Å². The van der Waals surface area contributed by atoms with Gasteiger partial charge in [0.25, 0.3) is 0 Å². The van der Waals surface area contributed by atoms with E-state index in [0.717, 1.165) is 128 Å². The van der Waals surface area contributed by atoms with E-state index in [0.29, 0.717) is 38.8 Å². The summed E-state index contributed by atoms with van der Waals surface area (Å²) in [7, 11) is 6.49. The highest BCUT2D eigenvalue weighted by Gasteiger charge is 2.41. The molecule has 6 aliphatic rings. The molecule has 6 N–H and O–H groups in total. The molecule has 0 aromatic heterocycles. The fourth-order valence-corrected chi connectivity index (χ4v) is 14.0. The number of benzene rings is 6. The van der Waals surface area contributed by atoms with Gasteiger partial charge in [-0.2, -0.15) is 0 Å². The van der Waals surface area contributed by atoms with E-state index < -0.39 is 0 Å². The number of nitrogens with two attached hydrogens (primary N) is 1. The molecular formula is C60H62Cl3N5O6. The third-order valence-corrected chi connectivity index (χ3v) is 18.0. The summed E-state index contributed by atoms with van der Waals surface area (Å²) in [5.74, 6) is 0.467. The number of halogens is 3. The monoisotopic (exact) mass is 1050 g/mol. The third kappa shape index (κ3) is 9.56. The number of phenols is 3. The van der Waals surface area contributed by atoms with Crippen LogP contribution in [-0.4, -0.2) is 113 Å². The molecule has 6 atom stereocenters. The number of rotatable bonds is 3. The number of aromatic hydroxyl groups is 3. The number of amides is 1. The number of hydrogen-bond acceptors (Lipinski definition) is 10. The minimum absolute atomic E-state index is 0.105. The van der Waals surface area contributed by atoms with Crippen molar-refractivity contribution in [2.45, 2.75) is 93.7 Å². The number of hydrogen-bond donors (Lipinski definition) is 5. The van der Waals surface area contributed by atoms with E-state index in [2.05, 4.69) is 59.2 Å². The van der Waals surface area contributed by atoms with Crippen LogP contribution in [0.3, 0.4) is 0 Å². The molecule has 0 radical (unpaired) electrons. The summed E-state index contributed by atoms with van der Waals surface area (Å²) < 4.78 is 0. The number of oxime groups is 1. The number of likely N-dealkylation sites (N-methyl/N-ethyl adjacent to an activating group) is 3. The van der Waals surface area contributed by atoms with Crippen molar-refractivity contribution in [3.8, 4) is 17.2 Å². The number of aldehydes is 1. The Balaban J connectivity index is 0.000000127. The highest BCUT2D eigenvalue weighted by Crippen LogP contribution is 2.48. The van der Waals surface area contributed by atoms with Gasteiger partial charge in [0.1, 0.15) is 23.5 Å². The maximum Gasteiger partial charge on any atom is 0.248 e. The van der Waals surface area contributed by atoms with Crippen molar-refractivity contribution >= 4 is 53.2 Å². The van der Waals surface area contributed by atoms with Crippen molar-refractivity contribution in [3.63, 3.8) is 0 Å². The molecule has 0 fully saturated rings. The van der Waals surface area contributed by atoms with Crippen molar-refractivity contribution in [1.29, 1.82) is 0 Å². The van der Waals surface area contributed by atoms with Crippen molar-refractivity contribution in [2.75, 3.05) is 40.8 Å². The van der Waals surface area contributed by atoms with Gasteiger partial charge in [0.2, 0.25) is 5.91 Å². The van der Waals surface area contributed by atoms with Gasteiger partial charge in [-0.15, -0.1) is 0 Å². The zero-order valence-corrected chi connectivity index (χ0v) is 44.1. The van der Waals surface area contributed by atoms with E-state index >= 15 is 0 Å². The lowest BCUT2D eigenvalue weighted by molar-refractivity contribution is 0.0998. The van der Waals surface area contributed by atoms with E-state index in [1.807, 2.05) is 66.7 Å². The Morgan fingerprint density at radius 2 is 0.905 bits per heavy atom. The molecule has 0 saturated heterocycles. The summed E-state index contributed by atoms with van der Waals surface area (Å²) in [5.41, 5.74) is 22.0. The average molecular weight is 1060 g/mol. The minimum atomic E-state index is -0.378. The number of phenolic OH excluding ortho intramolecular Hbond substituents is 3. The van der Waals surface area contributed by atoms with Gasteiger partial charge in [-0.1, -0.05) is 88.5 Å². The smallest absolute Gasteiger partial charge is 0.248 e. The lowest BCUT2D eigenvalue weighted by atomic mass is 9.73. The zero-order chi connectivity index (χ0) is 52.1. The van der Waals surface area contributed by atoms with Crippen LogP contribution in [0.2, 0.25) is 15.1 Å². The Hall–Kier alpha value is -5.92. The summed E-state index contributed by atoms with van der Waals surface area (Å²) in [6.07, 6.45) is 10.9. The molecule has 384 valence electrons. The van der Waals surface area contributed by atoms with Crippen LogP contribution in [-0.2, 0) is 38.5 Å². The quantitative estimate of drug-likeness (QED) is 0.0503. The van der Waals surface area contributed by atoms with Crippen LogP contribution in [0.25, 0.3) is 0 Å². The molecule has 11 nitrogen and oxygen atoms in total. The van der Waals surface area contributed by atoms with E-state index in [1.165, 1.54) is 39.6 Å². The second-order valence-corrected chi connectivity index (χ2v) is 22.1. The largest absolute Gasteiger partial charge is 0.506 e. The predicted octanol–water partition coefficient (Wildman–Crippen LogP) is 10.7. The van der Waals surface area contributed by atoms with E-state index in [9.17, 15) is 24.9 Å². The van der Waals surface area contributed by atoms with Crippen molar-refractivity contribution in [2.24, 2.45) is 10.9 Å². The number of primary amides is 1. The number of nitrogens with zero attached hydrogens (tertiary/aromatic N) is 4. The Morgan fingerprint density at radius 1 is 0.541 bits per heavy atom. The molecule has 74 heavy (non-hydrogen) atoms. The Bertz CT molecular complexity index is 3200. The van der Waals surface area contributed by atoms with E-state index in [4.69, 9.17) is 45.7 Å². The molecule has 6 aromatic carbocycles. The Labute approximate surface area is 447 Å². The molecule has 0 spiro atoms. The summed E-state index contributed by atoms with van der Waals surface area (Å²) in [6.45, 7) is 2.89. The lowest BCUT2D eigenvalue weighted by Gasteiger charge is -2.38. The summed E-state index contributed by atoms with van der Waals surface area (Å²) in [4.78, 5) is 30.5. The SMILES string of the molecule is CN1CCc2cc(Cl)c(O)cc2[C@H]2c3cccc(/C=N/O)c3CC[C@@H]21.CN1CCc2cc(Cl)c(O)cc2[C@H]2c3cccc(C(N)=O)c3CC[C@@H]21.CN1CCc2cc(Cl)c(O)cc2[C@H]2c3cccc(C=O)c3CC[C@@H]21. The molecule has 3 aliphatic heterocycles. The Morgan fingerprint density at radius 3 is 1.30 bits per heavy atom. The van der Waals surface area contributed by atoms with Gasteiger partial charge in [0.15, 0.2) is 0 Å². The molecule has 14 heteroatoms. The zero-order valence-electron chi connectivity index (χ0n) is 41.9. The molecule has 0 saturated carbocycles. The molecule has 0 bridgehead atoms. The topological polar surface area (TPSA) is 163 Å². The lowest BCUT2D eigenvalue weighted by Crippen LogP contribution is -2.40. The van der Waals surface area contributed by atoms with Gasteiger partial charge in [-0.3, -0.25) is 9.59 Å². The van der Waals surface area contributed by atoms with Crippen LogP contribution >= 0.6 is 34.8 Å². The van der Waals surface area contributed by atoms with Crippen molar-refractivity contribution < 1.29 is 30.1 Å². The van der Waals surface area contributed by atoms with Crippen molar-refractivity contribution in [3.05, 3.63) is 190 Å². The summed E-state index contributed by atoms with van der Waals surface area (Å²) in [5, 5.41) is 44.0. The van der Waals surface area contributed by atoms with Crippen LogP contribution in [0.5, 0.6) is 17.2 Å². The number of fused-ring (bicyclic) bond motifs is 15. The maximum absolute atomic E-state index is 11.9. The molecule has 1 amide bonds. The molecule has 3 heterocycles. The van der Waals surface area contributed by atoms with Gasteiger partial charge in [-0.05, 0) is 194 Å². The van der Waals surface area contributed by atoms with Crippen LogP contribution in [0.15, 0.2) is 96.2 Å². The first kappa shape index (κ1) is 51.6. The standard InChI is InChI=1S/2C20H21ClN2O2.C20H20ClNO2/c1-23-8-7-12-9-17(21)19(24)10-16(12)20-15-4-2-3-13(11-22-25)14(15)5-6-18(20)23;1-23-8-7-11-9-16(21)18(24)10-15(11)19-13-3-2-4-14(20(22)25)12(13)5-6-17(19)23;1-22-8-7-12-9-17(21)19(24)10-16(12)20-15-4-2-3-13(11-23)14(15)5-6-18(20)22/h2-4,9-11,18,20,24-25H,5-8H2,1H3;2-4,9-10,17,19,24H,5-8H2,1H3,(H2,22,25);2-4,9-11,18,20,24H,5-8H2,1H3/b22-11+;;/t18-,20+;17-,19+;18-,20+/m000/s1. The first-order chi connectivity index (χ1) is 35.7. The van der Waals surface area contributed by atoms with Crippen LogP contribution in [0, 0.1) is 0 Å². The highest BCUT2D eigenvalue weighted by atomic mass is 35.5. The van der Waals surface area contributed by atoms with Crippen LogP contribution < -0.4 is 5.73 Å². The van der Waals surface area contributed by atoms with Crippen molar-refractivity contribution in [1.82, 2.24) is 14.7 Å². The minimum Gasteiger partial charge on any atom is -0.506 e. The highest BCUT2D eigenvalue weighted by molar-refractivity contribution is 6.32. The first-order valence-corrected chi connectivity index (χ1v) is 26.7.